The molecule has 0 aliphatic carbocycles. The first-order valence-electron chi connectivity index (χ1n) is 8.81. The summed E-state index contributed by atoms with van der Waals surface area (Å²) >= 11 is 5.95. The summed E-state index contributed by atoms with van der Waals surface area (Å²) in [4.78, 5) is 12.4. The molecular weight excluding hydrogens is 405 g/mol. The van der Waals surface area contributed by atoms with Gasteiger partial charge in [-0.25, -0.2) is 4.39 Å². The Hall–Kier alpha value is -2.00. The summed E-state index contributed by atoms with van der Waals surface area (Å²) in [5, 5.41) is 3.19. The first kappa shape index (κ1) is 20.7. The monoisotopic (exact) mass is 425 g/mol. The summed E-state index contributed by atoms with van der Waals surface area (Å²) in [6.45, 7) is 2.16. The lowest BCUT2D eigenvalue weighted by molar-refractivity contribution is -0.116. The highest BCUT2D eigenvalue weighted by atomic mass is 35.5. The zero-order valence-corrected chi connectivity index (χ0v) is 16.9. The molecule has 2 aromatic carbocycles. The number of carbonyl (C=O) groups is 1. The topological polar surface area (TPSA) is 69.7 Å². The zero-order chi connectivity index (χ0) is 20.3. The summed E-state index contributed by atoms with van der Waals surface area (Å²) in [7, 11) is -3.82. The number of hydrogen-bond donors (Lipinski definition) is 1. The van der Waals surface area contributed by atoms with Crippen LogP contribution in [0.15, 0.2) is 42.5 Å². The summed E-state index contributed by atoms with van der Waals surface area (Å²) in [5.74, 6) is -0.860. The van der Waals surface area contributed by atoms with Crippen LogP contribution in [-0.2, 0) is 21.5 Å². The molecule has 1 amide bonds. The van der Waals surface area contributed by atoms with Gasteiger partial charge in [0, 0.05) is 30.3 Å². The maximum absolute atomic E-state index is 13.4. The van der Waals surface area contributed by atoms with Crippen molar-refractivity contribution in [1.82, 2.24) is 8.61 Å². The van der Waals surface area contributed by atoms with E-state index >= 15 is 0 Å². The van der Waals surface area contributed by atoms with Gasteiger partial charge >= 0.3 is 0 Å². The predicted octanol–water partition coefficient (Wildman–Crippen LogP) is 3.18. The van der Waals surface area contributed by atoms with Gasteiger partial charge in [-0.3, -0.25) is 4.79 Å². The number of aryl methyl sites for hydroxylation is 1. The van der Waals surface area contributed by atoms with Crippen molar-refractivity contribution in [2.75, 3.05) is 25.0 Å². The number of benzene rings is 2. The minimum Gasteiger partial charge on any atom is -0.325 e. The maximum atomic E-state index is 13.4. The second-order valence-electron chi connectivity index (χ2n) is 6.67. The van der Waals surface area contributed by atoms with Crippen LogP contribution in [0.1, 0.15) is 17.5 Å². The first-order chi connectivity index (χ1) is 13.3. The lowest BCUT2D eigenvalue weighted by Crippen LogP contribution is -2.51. The molecule has 150 valence electrons. The molecule has 0 atom stereocenters. The number of halogens is 2. The lowest BCUT2D eigenvalue weighted by Gasteiger charge is -2.34. The van der Waals surface area contributed by atoms with E-state index in [0.29, 0.717) is 29.2 Å². The number of rotatable bonds is 5. The van der Waals surface area contributed by atoms with Crippen molar-refractivity contribution in [2.45, 2.75) is 19.9 Å². The van der Waals surface area contributed by atoms with E-state index in [1.807, 2.05) is 6.92 Å². The van der Waals surface area contributed by atoms with Crippen molar-refractivity contribution in [1.29, 1.82) is 0 Å². The van der Waals surface area contributed by atoms with Crippen molar-refractivity contribution in [3.8, 4) is 0 Å². The largest absolute Gasteiger partial charge is 0.325 e. The fourth-order valence-corrected chi connectivity index (χ4v) is 4.87. The van der Waals surface area contributed by atoms with Crippen LogP contribution in [0, 0.1) is 12.7 Å². The fourth-order valence-electron chi connectivity index (χ4n) is 3.06. The highest BCUT2D eigenvalue weighted by Gasteiger charge is 2.34. The third kappa shape index (κ3) is 4.88. The van der Waals surface area contributed by atoms with Crippen molar-refractivity contribution in [2.24, 2.45) is 0 Å². The molecule has 1 saturated heterocycles. The Morgan fingerprint density at radius 1 is 1.18 bits per heavy atom. The molecule has 0 saturated carbocycles. The van der Waals surface area contributed by atoms with Crippen molar-refractivity contribution in [3.05, 3.63) is 64.4 Å². The standard InChI is InChI=1S/C19H21ClFN3O3S/c1-14-6-7-16(20)11-18(14)22-19(25)13-24-9-3-8-23(28(24,26)27)12-15-4-2-5-17(21)10-15/h2,4-7,10-11H,3,8-9,12-13H2,1H3,(H,22,25). The van der Waals surface area contributed by atoms with Crippen LogP contribution in [0.5, 0.6) is 0 Å². The highest BCUT2D eigenvalue weighted by Crippen LogP contribution is 2.22. The Labute approximate surface area is 169 Å². The van der Waals surface area contributed by atoms with Crippen molar-refractivity contribution >= 4 is 33.4 Å². The van der Waals surface area contributed by atoms with Gasteiger partial charge in [-0.05, 0) is 48.7 Å². The maximum Gasteiger partial charge on any atom is 0.282 e. The van der Waals surface area contributed by atoms with Crippen LogP contribution in [0.3, 0.4) is 0 Å². The van der Waals surface area contributed by atoms with E-state index < -0.39 is 21.9 Å². The zero-order valence-electron chi connectivity index (χ0n) is 15.4. The molecule has 6 nitrogen and oxygen atoms in total. The highest BCUT2D eigenvalue weighted by molar-refractivity contribution is 7.86. The van der Waals surface area contributed by atoms with Crippen LogP contribution in [0.25, 0.3) is 0 Å². The summed E-state index contributed by atoms with van der Waals surface area (Å²) in [5.41, 5.74) is 1.93. The average molecular weight is 426 g/mol. The van der Waals surface area contributed by atoms with Crippen LogP contribution >= 0.6 is 11.6 Å². The van der Waals surface area contributed by atoms with E-state index in [-0.39, 0.29) is 19.6 Å². The SMILES string of the molecule is Cc1ccc(Cl)cc1NC(=O)CN1CCCN(Cc2cccc(F)c2)S1(=O)=O. The number of carbonyl (C=O) groups excluding carboxylic acids is 1. The van der Waals surface area contributed by atoms with Crippen LogP contribution in [-0.4, -0.2) is 42.6 Å². The van der Waals surface area contributed by atoms with Crippen LogP contribution in [0.2, 0.25) is 5.02 Å². The van der Waals surface area contributed by atoms with Crippen molar-refractivity contribution in [3.63, 3.8) is 0 Å². The molecule has 2 aromatic rings. The molecule has 1 aliphatic rings. The van der Waals surface area contributed by atoms with E-state index in [0.717, 1.165) is 9.87 Å². The molecule has 0 bridgehead atoms. The smallest absolute Gasteiger partial charge is 0.282 e. The third-order valence-electron chi connectivity index (χ3n) is 4.51. The van der Waals surface area contributed by atoms with Gasteiger partial charge in [0.05, 0.1) is 6.54 Å². The van der Waals surface area contributed by atoms with Gasteiger partial charge < -0.3 is 5.32 Å². The number of amides is 1. The van der Waals surface area contributed by atoms with E-state index in [1.165, 1.54) is 16.4 Å². The predicted molar refractivity (Wildman–Crippen MR) is 107 cm³/mol. The lowest BCUT2D eigenvalue weighted by atomic mass is 10.2. The molecule has 28 heavy (non-hydrogen) atoms. The molecule has 1 fully saturated rings. The second kappa shape index (κ2) is 8.57. The van der Waals surface area contributed by atoms with Gasteiger partial charge in [-0.2, -0.15) is 17.0 Å². The van der Waals surface area contributed by atoms with Gasteiger partial charge in [0.2, 0.25) is 5.91 Å². The van der Waals surface area contributed by atoms with Gasteiger partial charge in [0.25, 0.3) is 10.2 Å². The molecular formula is C19H21ClFN3O3S. The molecule has 0 unspecified atom stereocenters. The Morgan fingerprint density at radius 2 is 1.93 bits per heavy atom. The molecule has 0 radical (unpaired) electrons. The minimum atomic E-state index is -3.82. The van der Waals surface area contributed by atoms with Crippen LogP contribution in [0.4, 0.5) is 10.1 Å². The first-order valence-corrected chi connectivity index (χ1v) is 10.6. The van der Waals surface area contributed by atoms with Gasteiger partial charge in [-0.15, -0.1) is 0 Å². The van der Waals surface area contributed by atoms with Gasteiger partial charge in [0.15, 0.2) is 0 Å². The molecule has 0 aromatic heterocycles. The van der Waals surface area contributed by atoms with Gasteiger partial charge in [0.1, 0.15) is 5.82 Å². The quantitative estimate of drug-likeness (QED) is 0.799. The third-order valence-corrected chi connectivity index (χ3v) is 6.67. The molecule has 0 spiro atoms. The molecule has 1 N–H and O–H groups in total. The summed E-state index contributed by atoms with van der Waals surface area (Å²) < 4.78 is 41.5. The molecule has 3 rings (SSSR count). The molecule has 9 heteroatoms. The number of nitrogens with one attached hydrogen (secondary N) is 1. The summed E-state index contributed by atoms with van der Waals surface area (Å²) in [6, 6.07) is 10.9. The van der Waals surface area contributed by atoms with Gasteiger partial charge in [-0.1, -0.05) is 29.8 Å². The normalized spacial score (nSPS) is 17.4. The Morgan fingerprint density at radius 3 is 2.68 bits per heavy atom. The van der Waals surface area contributed by atoms with Crippen LogP contribution < -0.4 is 5.32 Å². The Kier molecular flexibility index (Phi) is 6.34. The fraction of sp³-hybridized carbons (Fsp3) is 0.316. The van der Waals surface area contributed by atoms with E-state index in [2.05, 4.69) is 5.32 Å². The molecule has 1 aliphatic heterocycles. The Bertz CT molecular complexity index is 984. The van der Waals surface area contributed by atoms with E-state index in [9.17, 15) is 17.6 Å². The molecule has 1 heterocycles. The Balaban J connectivity index is 1.69. The van der Waals surface area contributed by atoms with E-state index in [1.54, 1.807) is 30.3 Å². The second-order valence-corrected chi connectivity index (χ2v) is 9.03. The summed E-state index contributed by atoms with van der Waals surface area (Å²) in [6.07, 6.45) is 0.581. The number of anilines is 1. The minimum absolute atomic E-state index is 0.0611. The number of nitrogens with zero attached hydrogens (tertiary/aromatic N) is 2. The van der Waals surface area contributed by atoms with Crippen molar-refractivity contribution < 1.29 is 17.6 Å². The van der Waals surface area contributed by atoms with E-state index in [4.69, 9.17) is 11.6 Å². The number of hydrogen-bond acceptors (Lipinski definition) is 3. The average Bonchev–Trinajstić information content (AvgIpc) is 2.62.